The fourth-order valence-electron chi connectivity index (χ4n) is 4.06. The standard InChI is InChI=1S/C22H28ClFN6O2/c1-11(2)30-16-8-12(7-14(24)19(16)28-20(30)22(3,4)32)18-13(23)9-26-21(29-18)27-15-5-6-25-10-17(15)31/h7-9,11,15,17,25,31-32H,5-6,10H2,1-4H3,(H,26,27,29)/t15-,17+/m0/s1. The van der Waals surface area contributed by atoms with Crippen molar-refractivity contribution in [3.63, 3.8) is 0 Å². The predicted molar refractivity (Wildman–Crippen MR) is 122 cm³/mol. The summed E-state index contributed by atoms with van der Waals surface area (Å²) in [6.07, 6.45) is 1.61. The number of hydrogen-bond donors (Lipinski definition) is 4. The largest absolute Gasteiger partial charge is 0.390 e. The lowest BCUT2D eigenvalue weighted by atomic mass is 10.0. The molecule has 4 N–H and O–H groups in total. The number of nitrogens with zero attached hydrogens (tertiary/aromatic N) is 4. The van der Waals surface area contributed by atoms with E-state index in [0.717, 1.165) is 13.0 Å². The number of hydrogen-bond acceptors (Lipinski definition) is 7. The third-order valence-electron chi connectivity index (χ3n) is 5.59. The highest BCUT2D eigenvalue weighted by Gasteiger charge is 2.28. The Labute approximate surface area is 190 Å². The summed E-state index contributed by atoms with van der Waals surface area (Å²) in [6, 6.07) is 2.86. The highest BCUT2D eigenvalue weighted by molar-refractivity contribution is 6.33. The third-order valence-corrected chi connectivity index (χ3v) is 5.87. The Bertz CT molecular complexity index is 1140. The van der Waals surface area contributed by atoms with Crippen LogP contribution in [-0.4, -0.2) is 55.0 Å². The monoisotopic (exact) mass is 462 g/mol. The van der Waals surface area contributed by atoms with Crippen LogP contribution in [-0.2, 0) is 5.60 Å². The fraction of sp³-hybridized carbons (Fsp3) is 0.500. The van der Waals surface area contributed by atoms with Gasteiger partial charge in [-0.3, -0.25) is 0 Å². The van der Waals surface area contributed by atoms with E-state index in [1.807, 2.05) is 18.4 Å². The molecule has 0 bridgehead atoms. The van der Waals surface area contributed by atoms with Crippen LogP contribution in [0.4, 0.5) is 10.3 Å². The Kier molecular flexibility index (Phi) is 6.10. The summed E-state index contributed by atoms with van der Waals surface area (Å²) in [5.74, 6) is 0.167. The normalized spacial score (nSPS) is 19.7. The average molecular weight is 463 g/mol. The van der Waals surface area contributed by atoms with Gasteiger partial charge in [0.25, 0.3) is 0 Å². The molecule has 0 radical (unpaired) electrons. The molecule has 3 aromatic rings. The summed E-state index contributed by atoms with van der Waals surface area (Å²) in [7, 11) is 0. The van der Waals surface area contributed by atoms with Crippen LogP contribution in [0.1, 0.15) is 46.0 Å². The van der Waals surface area contributed by atoms with E-state index in [1.165, 1.54) is 12.3 Å². The molecule has 0 saturated carbocycles. The van der Waals surface area contributed by atoms with Crippen molar-refractivity contribution < 1.29 is 14.6 Å². The molecule has 0 aliphatic carbocycles. The number of imidazole rings is 1. The Balaban J connectivity index is 1.80. The Hall–Kier alpha value is -2.33. The second kappa shape index (κ2) is 8.55. The number of aromatic nitrogens is 4. The van der Waals surface area contributed by atoms with Crippen LogP contribution in [0.2, 0.25) is 5.02 Å². The van der Waals surface area contributed by atoms with Gasteiger partial charge in [0.1, 0.15) is 16.9 Å². The van der Waals surface area contributed by atoms with E-state index in [1.54, 1.807) is 19.9 Å². The summed E-state index contributed by atoms with van der Waals surface area (Å²) in [5.41, 5.74) is 0.330. The summed E-state index contributed by atoms with van der Waals surface area (Å²) in [6.45, 7) is 8.42. The van der Waals surface area contributed by atoms with Crippen LogP contribution in [0.5, 0.6) is 0 Å². The smallest absolute Gasteiger partial charge is 0.223 e. The molecule has 172 valence electrons. The van der Waals surface area contributed by atoms with Gasteiger partial charge in [-0.05, 0) is 52.8 Å². The number of rotatable bonds is 5. The minimum Gasteiger partial charge on any atom is -0.390 e. The zero-order valence-electron chi connectivity index (χ0n) is 18.5. The number of aliphatic hydroxyl groups excluding tert-OH is 1. The molecule has 32 heavy (non-hydrogen) atoms. The SMILES string of the molecule is CC(C)n1c(C(C)(C)O)nc2c(F)cc(-c3nc(N[C@H]4CCNC[C@H]4O)ncc3Cl)cc21. The molecule has 4 rings (SSSR count). The lowest BCUT2D eigenvalue weighted by Gasteiger charge is -2.29. The summed E-state index contributed by atoms with van der Waals surface area (Å²) >= 11 is 6.39. The van der Waals surface area contributed by atoms with Crippen molar-refractivity contribution in [1.29, 1.82) is 0 Å². The van der Waals surface area contributed by atoms with Gasteiger partial charge in [-0.15, -0.1) is 0 Å². The third kappa shape index (κ3) is 4.30. The molecule has 1 saturated heterocycles. The Morgan fingerprint density at radius 2 is 2.06 bits per heavy atom. The molecule has 1 aliphatic heterocycles. The Morgan fingerprint density at radius 1 is 1.31 bits per heavy atom. The number of benzene rings is 1. The number of anilines is 1. The van der Waals surface area contributed by atoms with E-state index in [0.29, 0.717) is 35.1 Å². The minimum atomic E-state index is -1.24. The first-order valence-electron chi connectivity index (χ1n) is 10.7. The number of halogens is 2. The maximum atomic E-state index is 15.1. The highest BCUT2D eigenvalue weighted by atomic mass is 35.5. The second-order valence-electron chi connectivity index (χ2n) is 8.99. The molecule has 1 aromatic carbocycles. The number of piperidine rings is 1. The molecule has 0 unspecified atom stereocenters. The van der Waals surface area contributed by atoms with E-state index in [4.69, 9.17) is 11.6 Å². The van der Waals surface area contributed by atoms with Gasteiger partial charge < -0.3 is 25.4 Å². The lowest BCUT2D eigenvalue weighted by Crippen LogP contribution is -2.47. The Morgan fingerprint density at radius 3 is 2.72 bits per heavy atom. The molecule has 8 nitrogen and oxygen atoms in total. The van der Waals surface area contributed by atoms with Crippen molar-refractivity contribution in [3.05, 3.63) is 35.0 Å². The fourth-order valence-corrected chi connectivity index (χ4v) is 4.26. The molecule has 2 aromatic heterocycles. The molecule has 3 heterocycles. The van der Waals surface area contributed by atoms with Gasteiger partial charge in [0, 0.05) is 18.2 Å². The predicted octanol–water partition coefficient (Wildman–Crippen LogP) is 3.23. The van der Waals surface area contributed by atoms with Crippen LogP contribution in [0.25, 0.3) is 22.3 Å². The van der Waals surface area contributed by atoms with Gasteiger partial charge in [0.2, 0.25) is 5.95 Å². The molecule has 1 fully saturated rings. The van der Waals surface area contributed by atoms with E-state index in [2.05, 4.69) is 25.6 Å². The van der Waals surface area contributed by atoms with E-state index in [9.17, 15) is 10.2 Å². The first kappa shape index (κ1) is 22.8. The van der Waals surface area contributed by atoms with E-state index < -0.39 is 17.5 Å². The highest BCUT2D eigenvalue weighted by Crippen LogP contribution is 2.34. The van der Waals surface area contributed by atoms with Gasteiger partial charge in [-0.25, -0.2) is 19.3 Å². The second-order valence-corrected chi connectivity index (χ2v) is 9.39. The number of fused-ring (bicyclic) bond motifs is 1. The molecule has 1 aliphatic rings. The summed E-state index contributed by atoms with van der Waals surface area (Å²) in [4.78, 5) is 13.1. The molecule has 2 atom stereocenters. The van der Waals surface area contributed by atoms with Gasteiger partial charge in [0.05, 0.1) is 34.6 Å². The van der Waals surface area contributed by atoms with Crippen LogP contribution in [0.15, 0.2) is 18.3 Å². The van der Waals surface area contributed by atoms with E-state index in [-0.39, 0.29) is 22.6 Å². The quantitative estimate of drug-likeness (QED) is 0.461. The van der Waals surface area contributed by atoms with Crippen LogP contribution < -0.4 is 10.6 Å². The van der Waals surface area contributed by atoms with Crippen molar-refractivity contribution in [2.24, 2.45) is 0 Å². The van der Waals surface area contributed by atoms with Gasteiger partial charge in [0.15, 0.2) is 5.82 Å². The van der Waals surface area contributed by atoms with Crippen molar-refractivity contribution in [2.45, 2.75) is 57.9 Å². The number of β-amino-alcohol motifs (C(OH)–C–C–N with tert-alkyl or cyclic N) is 1. The van der Waals surface area contributed by atoms with Gasteiger partial charge in [-0.1, -0.05) is 11.6 Å². The van der Waals surface area contributed by atoms with Crippen molar-refractivity contribution >= 4 is 28.6 Å². The average Bonchev–Trinajstić information content (AvgIpc) is 3.12. The summed E-state index contributed by atoms with van der Waals surface area (Å²) < 4.78 is 17.0. The van der Waals surface area contributed by atoms with Crippen molar-refractivity contribution in [2.75, 3.05) is 18.4 Å². The minimum absolute atomic E-state index is 0.0597. The maximum Gasteiger partial charge on any atom is 0.223 e. The molecule has 0 spiro atoms. The first-order valence-corrected chi connectivity index (χ1v) is 11.1. The molecular weight excluding hydrogens is 435 g/mol. The molecule has 10 heteroatoms. The van der Waals surface area contributed by atoms with Crippen LogP contribution in [0.3, 0.4) is 0 Å². The number of nitrogens with one attached hydrogen (secondary N) is 2. The van der Waals surface area contributed by atoms with E-state index >= 15 is 4.39 Å². The zero-order valence-corrected chi connectivity index (χ0v) is 19.3. The zero-order chi connectivity index (χ0) is 23.2. The summed E-state index contributed by atoms with van der Waals surface area (Å²) in [5, 5.41) is 27.3. The van der Waals surface area contributed by atoms with Crippen LogP contribution >= 0.6 is 11.6 Å². The number of aliphatic hydroxyl groups is 2. The van der Waals surface area contributed by atoms with Gasteiger partial charge >= 0.3 is 0 Å². The topological polar surface area (TPSA) is 108 Å². The van der Waals surface area contributed by atoms with Crippen molar-refractivity contribution in [1.82, 2.24) is 24.8 Å². The molecular formula is C22H28ClFN6O2. The van der Waals surface area contributed by atoms with Crippen LogP contribution in [0, 0.1) is 5.82 Å². The van der Waals surface area contributed by atoms with Crippen molar-refractivity contribution in [3.8, 4) is 11.3 Å². The van der Waals surface area contributed by atoms with Gasteiger partial charge in [-0.2, -0.15) is 0 Å². The first-order chi connectivity index (χ1) is 15.1. The molecule has 0 amide bonds. The lowest BCUT2D eigenvalue weighted by molar-refractivity contribution is 0.0641. The maximum absolute atomic E-state index is 15.1.